The molecule has 7 nitrogen and oxygen atoms in total. The van der Waals surface area contributed by atoms with Gasteiger partial charge in [-0.15, -0.1) is 0 Å². The van der Waals surface area contributed by atoms with Gasteiger partial charge >= 0.3 is 6.09 Å². The van der Waals surface area contributed by atoms with E-state index < -0.39 is 23.8 Å². The molecule has 7 heteroatoms. The molecular weight excluding hydrogens is 502 g/mol. The number of amides is 3. The van der Waals surface area contributed by atoms with Crippen molar-refractivity contribution in [3.63, 3.8) is 0 Å². The summed E-state index contributed by atoms with van der Waals surface area (Å²) in [6.45, 7) is 18.5. The number of benzene rings is 1. The molecule has 0 fully saturated rings. The number of carbonyl (C=O) groups is 3. The summed E-state index contributed by atoms with van der Waals surface area (Å²) in [5.41, 5.74) is 2.19. The van der Waals surface area contributed by atoms with Gasteiger partial charge in [0.15, 0.2) is 0 Å². The summed E-state index contributed by atoms with van der Waals surface area (Å²) in [5.74, 6) is -0.637. The number of nitrogens with zero attached hydrogens (tertiary/aromatic N) is 1. The smallest absolute Gasteiger partial charge is 0.408 e. The summed E-state index contributed by atoms with van der Waals surface area (Å²) < 4.78 is 5.48. The van der Waals surface area contributed by atoms with E-state index in [1.165, 1.54) is 12.8 Å². The van der Waals surface area contributed by atoms with Crippen molar-refractivity contribution in [3.05, 3.63) is 34.9 Å². The van der Waals surface area contributed by atoms with E-state index in [1.54, 1.807) is 25.7 Å². The van der Waals surface area contributed by atoms with Gasteiger partial charge in [0.2, 0.25) is 11.8 Å². The second kappa shape index (κ2) is 18.0. The number of unbranched alkanes of at least 4 members (excludes halogenated alkanes) is 7. The Labute approximate surface area is 244 Å². The monoisotopic (exact) mass is 559 g/mol. The van der Waals surface area contributed by atoms with Crippen LogP contribution in [0.3, 0.4) is 0 Å². The molecule has 2 N–H and O–H groups in total. The molecule has 0 aliphatic carbocycles. The van der Waals surface area contributed by atoms with E-state index in [0.717, 1.165) is 61.6 Å². The predicted molar refractivity (Wildman–Crippen MR) is 164 cm³/mol. The highest BCUT2D eigenvalue weighted by Gasteiger charge is 2.37. The number of aryl methyl sites for hydroxylation is 2. The summed E-state index contributed by atoms with van der Waals surface area (Å²) in [5, 5.41) is 5.92. The van der Waals surface area contributed by atoms with Crippen LogP contribution in [0.2, 0.25) is 0 Å². The molecule has 0 radical (unpaired) electrons. The quantitative estimate of drug-likeness (QED) is 0.195. The lowest BCUT2D eigenvalue weighted by atomic mass is 9.96. The predicted octanol–water partition coefficient (Wildman–Crippen LogP) is 7.39. The highest BCUT2D eigenvalue weighted by molar-refractivity contribution is 5.92. The Balaban J connectivity index is 3.44. The zero-order valence-electron chi connectivity index (χ0n) is 26.8. The van der Waals surface area contributed by atoms with E-state index in [-0.39, 0.29) is 17.7 Å². The molecule has 40 heavy (non-hydrogen) atoms. The van der Waals surface area contributed by atoms with Crippen LogP contribution in [0.1, 0.15) is 129 Å². The number of hydrogen-bond donors (Lipinski definition) is 2. The molecule has 2 unspecified atom stereocenters. The number of ether oxygens (including phenoxy) is 1. The van der Waals surface area contributed by atoms with E-state index >= 15 is 0 Å². The number of rotatable bonds is 17. The summed E-state index contributed by atoms with van der Waals surface area (Å²) in [7, 11) is 0. The van der Waals surface area contributed by atoms with Crippen LogP contribution in [0.15, 0.2) is 18.2 Å². The summed E-state index contributed by atoms with van der Waals surface area (Å²) in [4.78, 5) is 42.6. The van der Waals surface area contributed by atoms with Crippen LogP contribution in [0.25, 0.3) is 0 Å². The van der Waals surface area contributed by atoms with Crippen molar-refractivity contribution in [2.24, 2.45) is 5.92 Å². The van der Waals surface area contributed by atoms with Crippen molar-refractivity contribution in [3.8, 4) is 0 Å². The maximum Gasteiger partial charge on any atom is 0.408 e. The fraction of sp³-hybridized carbons (Fsp3) is 0.727. The zero-order valence-corrected chi connectivity index (χ0v) is 26.8. The molecule has 0 saturated heterocycles. The largest absolute Gasteiger partial charge is 0.444 e. The Bertz CT molecular complexity index is 903. The molecule has 0 spiro atoms. The Kier molecular flexibility index (Phi) is 15.9. The number of hydrogen-bond acceptors (Lipinski definition) is 4. The van der Waals surface area contributed by atoms with Crippen molar-refractivity contribution in [1.82, 2.24) is 15.5 Å². The first-order chi connectivity index (χ1) is 18.8. The third kappa shape index (κ3) is 13.2. The van der Waals surface area contributed by atoms with Crippen LogP contribution < -0.4 is 10.6 Å². The lowest BCUT2D eigenvalue weighted by Gasteiger charge is -2.36. The number of nitrogens with one attached hydrogen (secondary N) is 2. The highest BCUT2D eigenvalue weighted by Crippen LogP contribution is 2.27. The SMILES string of the molecule is CCCCCCCCN(C(=O)C(NC(=O)OC(C)(C)C)C(C)C)C(C(=O)NCCCCC)c1cc(C)cc(C)c1. The number of carbonyl (C=O) groups excluding carboxylic acids is 3. The normalized spacial score (nSPS) is 13.1. The Hall–Kier alpha value is -2.57. The average Bonchev–Trinajstić information content (AvgIpc) is 2.84. The van der Waals surface area contributed by atoms with Crippen LogP contribution in [0, 0.1) is 19.8 Å². The maximum absolute atomic E-state index is 14.3. The van der Waals surface area contributed by atoms with Gasteiger partial charge in [-0.2, -0.15) is 0 Å². The molecule has 0 aliphatic rings. The van der Waals surface area contributed by atoms with Gasteiger partial charge in [0.05, 0.1) is 0 Å². The van der Waals surface area contributed by atoms with Gasteiger partial charge in [0, 0.05) is 13.1 Å². The molecule has 0 aliphatic heterocycles. The van der Waals surface area contributed by atoms with Crippen molar-refractivity contribution in [2.45, 2.75) is 138 Å². The first-order valence-electron chi connectivity index (χ1n) is 15.5. The van der Waals surface area contributed by atoms with Crippen molar-refractivity contribution in [1.29, 1.82) is 0 Å². The Morgan fingerprint density at radius 2 is 1.40 bits per heavy atom. The lowest BCUT2D eigenvalue weighted by Crippen LogP contribution is -2.55. The van der Waals surface area contributed by atoms with Gasteiger partial charge in [-0.05, 0) is 58.9 Å². The minimum atomic E-state index is -0.823. The fourth-order valence-corrected chi connectivity index (χ4v) is 4.88. The van der Waals surface area contributed by atoms with Crippen molar-refractivity contribution >= 4 is 17.9 Å². The summed E-state index contributed by atoms with van der Waals surface area (Å²) in [6.07, 6.45) is 8.75. The molecule has 0 aromatic heterocycles. The standard InChI is InChI=1S/C33H57N3O4/c1-10-12-14-15-16-18-20-36(31(38)28(24(3)4)35-32(39)40-33(7,8)9)29(30(37)34-19-17-13-11-2)27-22-25(5)21-26(6)23-27/h21-24,28-29H,10-20H2,1-9H3,(H,34,37)(H,35,39). The van der Waals surface area contributed by atoms with Crippen molar-refractivity contribution in [2.75, 3.05) is 13.1 Å². The van der Waals surface area contributed by atoms with Gasteiger partial charge in [0.25, 0.3) is 0 Å². The molecule has 1 aromatic rings. The van der Waals surface area contributed by atoms with Crippen LogP contribution in [0.5, 0.6) is 0 Å². The Morgan fingerprint density at radius 3 is 1.95 bits per heavy atom. The fourth-order valence-electron chi connectivity index (χ4n) is 4.88. The van der Waals surface area contributed by atoms with Crippen LogP contribution in [-0.2, 0) is 14.3 Å². The second-order valence-corrected chi connectivity index (χ2v) is 12.5. The first kappa shape index (κ1) is 35.5. The van der Waals surface area contributed by atoms with Gasteiger partial charge < -0.3 is 20.3 Å². The van der Waals surface area contributed by atoms with Crippen molar-refractivity contribution < 1.29 is 19.1 Å². The highest BCUT2D eigenvalue weighted by atomic mass is 16.6. The van der Waals surface area contributed by atoms with Crippen LogP contribution in [-0.4, -0.2) is 47.5 Å². The van der Waals surface area contributed by atoms with Crippen LogP contribution >= 0.6 is 0 Å². The number of alkyl carbamates (subject to hydrolysis) is 1. The molecular formula is C33H57N3O4. The second-order valence-electron chi connectivity index (χ2n) is 12.5. The summed E-state index contributed by atoms with van der Waals surface area (Å²) in [6, 6.07) is 4.45. The topological polar surface area (TPSA) is 87.7 Å². The molecule has 0 heterocycles. The minimum absolute atomic E-state index is 0.180. The lowest BCUT2D eigenvalue weighted by molar-refractivity contribution is -0.143. The molecule has 1 rings (SSSR count). The third-order valence-electron chi connectivity index (χ3n) is 6.84. The van der Waals surface area contributed by atoms with Gasteiger partial charge in [-0.1, -0.05) is 102 Å². The minimum Gasteiger partial charge on any atom is -0.444 e. The molecule has 228 valence electrons. The van der Waals surface area contributed by atoms with E-state index in [9.17, 15) is 14.4 Å². The Morgan fingerprint density at radius 1 is 0.850 bits per heavy atom. The van der Waals surface area contributed by atoms with Gasteiger partial charge in [-0.3, -0.25) is 9.59 Å². The first-order valence-corrected chi connectivity index (χ1v) is 15.5. The molecule has 2 atom stereocenters. The van der Waals surface area contributed by atoms with Gasteiger partial charge in [0.1, 0.15) is 17.7 Å². The van der Waals surface area contributed by atoms with E-state index in [1.807, 2.05) is 39.8 Å². The van der Waals surface area contributed by atoms with E-state index in [2.05, 4.69) is 30.5 Å². The molecule has 0 saturated carbocycles. The average molecular weight is 560 g/mol. The van der Waals surface area contributed by atoms with Gasteiger partial charge in [-0.25, -0.2) is 4.79 Å². The molecule has 3 amide bonds. The molecule has 0 bridgehead atoms. The third-order valence-corrected chi connectivity index (χ3v) is 6.84. The van der Waals surface area contributed by atoms with E-state index in [0.29, 0.717) is 13.1 Å². The summed E-state index contributed by atoms with van der Waals surface area (Å²) >= 11 is 0. The van der Waals surface area contributed by atoms with Crippen LogP contribution in [0.4, 0.5) is 4.79 Å². The maximum atomic E-state index is 14.3. The molecule has 1 aromatic carbocycles. The zero-order chi connectivity index (χ0) is 30.3. The van der Waals surface area contributed by atoms with E-state index in [4.69, 9.17) is 4.74 Å².